The summed E-state index contributed by atoms with van der Waals surface area (Å²) in [4.78, 5) is 24.2. The molecule has 0 aromatic heterocycles. The number of ketones is 1. The van der Waals surface area contributed by atoms with Gasteiger partial charge in [-0.3, -0.25) is 9.59 Å². The van der Waals surface area contributed by atoms with Gasteiger partial charge in [0.2, 0.25) is 0 Å². The van der Waals surface area contributed by atoms with Crippen molar-refractivity contribution in [3.63, 3.8) is 0 Å². The van der Waals surface area contributed by atoms with Gasteiger partial charge in [-0.15, -0.1) is 0 Å². The first-order chi connectivity index (χ1) is 12.9. The number of ether oxygens (including phenoxy) is 1. The first kappa shape index (κ1) is 19.2. The van der Waals surface area contributed by atoms with E-state index in [1.165, 1.54) is 37.7 Å². The quantitative estimate of drug-likeness (QED) is 0.614. The Morgan fingerprint density at radius 3 is 2.70 bits per heavy atom. The first-order valence-corrected chi connectivity index (χ1v) is 11.3. The molecule has 0 N–H and O–H groups in total. The van der Waals surface area contributed by atoms with Crippen molar-refractivity contribution in [1.29, 1.82) is 0 Å². The van der Waals surface area contributed by atoms with Crippen LogP contribution in [-0.2, 0) is 14.3 Å². The number of esters is 1. The number of hydrogen-bond donors (Lipinski definition) is 0. The predicted molar refractivity (Wildman–Crippen MR) is 106 cm³/mol. The lowest BCUT2D eigenvalue weighted by Gasteiger charge is -2.58. The van der Waals surface area contributed by atoms with Crippen LogP contribution in [0.3, 0.4) is 0 Å². The van der Waals surface area contributed by atoms with E-state index in [1.54, 1.807) is 0 Å². The van der Waals surface area contributed by atoms with Gasteiger partial charge in [-0.2, -0.15) is 0 Å². The molecule has 3 nitrogen and oxygen atoms in total. The highest BCUT2D eigenvalue weighted by Gasteiger charge is 2.59. The molecule has 0 saturated heterocycles. The van der Waals surface area contributed by atoms with Gasteiger partial charge in [-0.25, -0.2) is 0 Å². The molecule has 0 aliphatic heterocycles. The summed E-state index contributed by atoms with van der Waals surface area (Å²) in [6.45, 7) is 7.52. The van der Waals surface area contributed by atoms with Crippen molar-refractivity contribution in [3.8, 4) is 0 Å². The standard InChI is InChI=1S/C24H36O3/c1-4-13-27-22(26)15-17-6-8-20-19-7-5-16-14-18(25)9-11-23(16,2)21(19)10-12-24(17,20)3/h14,17,19-21H,4-13,15H2,1-3H3/t17-,19-,20-,21-,23-,24+/m0/s1. The highest BCUT2D eigenvalue weighted by Crippen LogP contribution is 2.67. The third kappa shape index (κ3) is 3.09. The van der Waals surface area contributed by atoms with E-state index in [4.69, 9.17) is 4.74 Å². The number of carbonyl (C=O) groups is 2. The zero-order valence-corrected chi connectivity index (χ0v) is 17.4. The molecule has 0 radical (unpaired) electrons. The predicted octanol–water partition coefficient (Wildman–Crippen LogP) is 5.48. The minimum absolute atomic E-state index is 0.0115. The third-order valence-electron chi connectivity index (χ3n) is 9.04. The summed E-state index contributed by atoms with van der Waals surface area (Å²) in [5.41, 5.74) is 1.99. The molecule has 27 heavy (non-hydrogen) atoms. The highest BCUT2D eigenvalue weighted by molar-refractivity contribution is 5.91. The van der Waals surface area contributed by atoms with Gasteiger partial charge in [-0.1, -0.05) is 26.3 Å². The highest BCUT2D eigenvalue weighted by atomic mass is 16.5. The van der Waals surface area contributed by atoms with Gasteiger partial charge in [0, 0.05) is 12.8 Å². The Hall–Kier alpha value is -1.12. The molecule has 0 amide bonds. The van der Waals surface area contributed by atoms with Crippen LogP contribution in [0.1, 0.15) is 85.0 Å². The Balaban J connectivity index is 1.51. The van der Waals surface area contributed by atoms with Gasteiger partial charge in [-0.05, 0) is 91.9 Å². The van der Waals surface area contributed by atoms with Crippen molar-refractivity contribution in [2.45, 2.75) is 85.0 Å². The number of allylic oxidation sites excluding steroid dienone is 1. The molecule has 4 aliphatic carbocycles. The number of rotatable bonds is 4. The summed E-state index contributed by atoms with van der Waals surface area (Å²) < 4.78 is 5.40. The van der Waals surface area contributed by atoms with Crippen LogP contribution in [0.4, 0.5) is 0 Å². The molecule has 3 heteroatoms. The van der Waals surface area contributed by atoms with Crippen molar-refractivity contribution in [1.82, 2.24) is 0 Å². The molecule has 3 fully saturated rings. The van der Waals surface area contributed by atoms with Gasteiger partial charge in [0.1, 0.15) is 0 Å². The van der Waals surface area contributed by atoms with E-state index >= 15 is 0 Å². The van der Waals surface area contributed by atoms with Gasteiger partial charge >= 0.3 is 5.97 Å². The Morgan fingerprint density at radius 2 is 1.93 bits per heavy atom. The Bertz CT molecular complexity index is 650. The van der Waals surface area contributed by atoms with E-state index < -0.39 is 0 Å². The lowest BCUT2D eigenvalue weighted by atomic mass is 9.47. The number of fused-ring (bicyclic) bond motifs is 5. The lowest BCUT2D eigenvalue weighted by Crippen LogP contribution is -2.50. The van der Waals surface area contributed by atoms with Gasteiger partial charge < -0.3 is 4.74 Å². The van der Waals surface area contributed by atoms with E-state index in [0.29, 0.717) is 30.1 Å². The molecule has 0 aromatic rings. The minimum Gasteiger partial charge on any atom is -0.466 e. The second kappa shape index (κ2) is 7.04. The summed E-state index contributed by atoms with van der Waals surface area (Å²) in [7, 11) is 0. The average Bonchev–Trinajstić information content (AvgIpc) is 2.97. The Labute approximate surface area is 164 Å². The summed E-state index contributed by atoms with van der Waals surface area (Å²) in [5, 5.41) is 0. The van der Waals surface area contributed by atoms with E-state index in [9.17, 15) is 9.59 Å². The van der Waals surface area contributed by atoms with Gasteiger partial charge in [0.05, 0.1) is 6.61 Å². The fourth-order valence-electron chi connectivity index (χ4n) is 7.48. The maximum Gasteiger partial charge on any atom is 0.306 e. The summed E-state index contributed by atoms with van der Waals surface area (Å²) in [6.07, 6.45) is 12.6. The van der Waals surface area contributed by atoms with Crippen molar-refractivity contribution in [2.75, 3.05) is 6.61 Å². The molecular weight excluding hydrogens is 336 g/mol. The lowest BCUT2D eigenvalue weighted by molar-refractivity contribution is -0.146. The Kier molecular flexibility index (Phi) is 5.01. The molecule has 4 aliphatic rings. The van der Waals surface area contributed by atoms with Crippen LogP contribution in [0.25, 0.3) is 0 Å². The maximum atomic E-state index is 12.3. The first-order valence-electron chi connectivity index (χ1n) is 11.3. The van der Waals surface area contributed by atoms with E-state index in [1.807, 2.05) is 13.0 Å². The van der Waals surface area contributed by atoms with Crippen LogP contribution in [0, 0.1) is 34.5 Å². The second-order valence-electron chi connectivity index (χ2n) is 10.2. The molecule has 0 spiro atoms. The summed E-state index contributed by atoms with van der Waals surface area (Å²) in [5.74, 6) is 3.09. The molecule has 3 saturated carbocycles. The van der Waals surface area contributed by atoms with Gasteiger partial charge in [0.15, 0.2) is 5.78 Å². The van der Waals surface area contributed by atoms with Gasteiger partial charge in [0.25, 0.3) is 0 Å². The van der Waals surface area contributed by atoms with Crippen LogP contribution in [0.2, 0.25) is 0 Å². The molecule has 4 rings (SSSR count). The molecule has 0 unspecified atom stereocenters. The monoisotopic (exact) mass is 372 g/mol. The molecule has 0 heterocycles. The van der Waals surface area contributed by atoms with Crippen LogP contribution in [0.15, 0.2) is 11.6 Å². The SMILES string of the molecule is CCCOC(=O)C[C@@H]1CC[C@H]2[C@@H]3CCC4=CC(=O)CC[C@]4(C)[C@H]3CC[C@]12C. The zero-order valence-electron chi connectivity index (χ0n) is 17.4. The average molecular weight is 373 g/mol. The van der Waals surface area contributed by atoms with Crippen LogP contribution < -0.4 is 0 Å². The van der Waals surface area contributed by atoms with Crippen LogP contribution in [0.5, 0.6) is 0 Å². The van der Waals surface area contributed by atoms with Crippen molar-refractivity contribution >= 4 is 11.8 Å². The zero-order chi connectivity index (χ0) is 19.2. The molecular formula is C24H36O3. The summed E-state index contributed by atoms with van der Waals surface area (Å²) in [6, 6.07) is 0. The molecule has 150 valence electrons. The van der Waals surface area contributed by atoms with E-state index in [2.05, 4.69) is 13.8 Å². The van der Waals surface area contributed by atoms with Crippen molar-refractivity contribution < 1.29 is 14.3 Å². The fourth-order valence-corrected chi connectivity index (χ4v) is 7.48. The van der Waals surface area contributed by atoms with Crippen LogP contribution >= 0.6 is 0 Å². The van der Waals surface area contributed by atoms with Crippen molar-refractivity contribution in [2.24, 2.45) is 34.5 Å². The fraction of sp³-hybridized carbons (Fsp3) is 0.833. The van der Waals surface area contributed by atoms with Crippen molar-refractivity contribution in [3.05, 3.63) is 11.6 Å². The third-order valence-corrected chi connectivity index (χ3v) is 9.04. The topological polar surface area (TPSA) is 43.4 Å². The maximum absolute atomic E-state index is 12.3. The van der Waals surface area contributed by atoms with Crippen LogP contribution in [-0.4, -0.2) is 18.4 Å². The number of carbonyl (C=O) groups excluding carboxylic acids is 2. The number of hydrogen-bond acceptors (Lipinski definition) is 3. The second-order valence-corrected chi connectivity index (χ2v) is 10.2. The molecule has 6 atom stereocenters. The smallest absolute Gasteiger partial charge is 0.306 e. The summed E-state index contributed by atoms with van der Waals surface area (Å²) >= 11 is 0. The minimum atomic E-state index is 0.0115. The Morgan fingerprint density at radius 1 is 1.11 bits per heavy atom. The van der Waals surface area contributed by atoms with E-state index in [0.717, 1.165) is 43.4 Å². The molecule has 0 bridgehead atoms. The largest absolute Gasteiger partial charge is 0.466 e. The molecule has 0 aromatic carbocycles. The normalized spacial score (nSPS) is 43.4. The van der Waals surface area contributed by atoms with E-state index in [-0.39, 0.29) is 11.4 Å².